The van der Waals surface area contributed by atoms with E-state index >= 15 is 0 Å². The van der Waals surface area contributed by atoms with Gasteiger partial charge in [0.15, 0.2) is 5.96 Å². The summed E-state index contributed by atoms with van der Waals surface area (Å²) in [4.78, 5) is 21.6. The van der Waals surface area contributed by atoms with Crippen LogP contribution in [0.1, 0.15) is 39.0 Å². The summed E-state index contributed by atoms with van der Waals surface area (Å²) < 4.78 is 7.86. The molecule has 1 spiro atoms. The third-order valence-corrected chi connectivity index (χ3v) is 7.40. The predicted molar refractivity (Wildman–Crippen MR) is 111 cm³/mol. The van der Waals surface area contributed by atoms with Gasteiger partial charge in [-0.25, -0.2) is 0 Å². The number of aryl methyl sites for hydroxylation is 1. The molecule has 0 aromatic carbocycles. The summed E-state index contributed by atoms with van der Waals surface area (Å²) in [5, 5.41) is 8.02. The third kappa shape index (κ3) is 3.03. The van der Waals surface area contributed by atoms with Gasteiger partial charge in [0.05, 0.1) is 18.0 Å². The first kappa shape index (κ1) is 18.9. The number of guanidine groups is 1. The second kappa shape index (κ2) is 7.31. The van der Waals surface area contributed by atoms with Gasteiger partial charge in [-0.1, -0.05) is 12.8 Å². The molecule has 1 aromatic rings. The maximum Gasteiger partial charge on any atom is 0.246 e. The van der Waals surface area contributed by atoms with E-state index in [1.54, 1.807) is 10.9 Å². The molecule has 3 heterocycles. The number of aromatic nitrogens is 2. The predicted octanol–water partition coefficient (Wildman–Crippen LogP) is 1.38. The van der Waals surface area contributed by atoms with Gasteiger partial charge in [0.2, 0.25) is 5.91 Å². The van der Waals surface area contributed by atoms with Gasteiger partial charge in [0.1, 0.15) is 6.54 Å². The first-order chi connectivity index (χ1) is 14.1. The van der Waals surface area contributed by atoms with Crippen LogP contribution in [-0.4, -0.2) is 71.5 Å². The maximum atomic E-state index is 12.9. The van der Waals surface area contributed by atoms with Crippen molar-refractivity contribution in [1.82, 2.24) is 20.0 Å². The molecule has 1 N–H and O–H groups in total. The molecule has 5 rings (SSSR count). The van der Waals surface area contributed by atoms with Crippen molar-refractivity contribution in [2.24, 2.45) is 23.4 Å². The highest BCUT2D eigenvalue weighted by Gasteiger charge is 2.65. The van der Waals surface area contributed by atoms with E-state index in [1.165, 1.54) is 25.7 Å². The van der Waals surface area contributed by atoms with Gasteiger partial charge in [0, 0.05) is 56.9 Å². The zero-order valence-electron chi connectivity index (χ0n) is 17.5. The van der Waals surface area contributed by atoms with Gasteiger partial charge < -0.3 is 19.9 Å². The van der Waals surface area contributed by atoms with Crippen LogP contribution >= 0.6 is 0 Å². The summed E-state index contributed by atoms with van der Waals surface area (Å²) in [5.74, 6) is 1.58. The summed E-state index contributed by atoms with van der Waals surface area (Å²) in [6.45, 7) is 5.44. The molecule has 0 radical (unpaired) electrons. The van der Waals surface area contributed by atoms with E-state index in [0.717, 1.165) is 31.2 Å². The highest BCUT2D eigenvalue weighted by molar-refractivity contribution is 5.98. The van der Waals surface area contributed by atoms with Gasteiger partial charge in [-0.3, -0.25) is 14.5 Å². The lowest BCUT2D eigenvalue weighted by Gasteiger charge is -2.57. The van der Waals surface area contributed by atoms with Gasteiger partial charge in [0.25, 0.3) is 0 Å². The summed E-state index contributed by atoms with van der Waals surface area (Å²) in [6.07, 6.45) is 10.3. The van der Waals surface area contributed by atoms with Crippen molar-refractivity contribution in [3.05, 3.63) is 12.4 Å². The molecule has 4 aliphatic rings. The monoisotopic (exact) mass is 400 g/mol. The molecular weight excluding hydrogens is 368 g/mol. The van der Waals surface area contributed by atoms with Crippen LogP contribution in [0.25, 0.3) is 0 Å². The Morgan fingerprint density at radius 3 is 2.90 bits per heavy atom. The number of amides is 1. The molecule has 4 fully saturated rings. The molecule has 0 bridgehead atoms. The number of ether oxygens (including phenoxy) is 1. The molecule has 8 nitrogen and oxygen atoms in total. The fourth-order valence-electron chi connectivity index (χ4n) is 6.10. The average molecular weight is 401 g/mol. The van der Waals surface area contributed by atoms with Crippen LogP contribution in [0, 0.1) is 11.3 Å². The standard InChI is InChI=1S/C21H32N6O2/c1-3-22-20(24-18-16-6-11-29-19(16)21(18)7-4-5-8-21)26-9-10-27(17(28)14-26)15-12-23-25(2)13-15/h12-13,16,18-19H,3-11,14H2,1-2H3,(H,22,24). The Morgan fingerprint density at radius 1 is 1.38 bits per heavy atom. The van der Waals surface area contributed by atoms with Gasteiger partial charge in [-0.15, -0.1) is 0 Å². The van der Waals surface area contributed by atoms with Crippen LogP contribution in [0.15, 0.2) is 17.4 Å². The Morgan fingerprint density at radius 2 is 2.21 bits per heavy atom. The number of hydrogen-bond donors (Lipinski definition) is 1. The summed E-state index contributed by atoms with van der Waals surface area (Å²) >= 11 is 0. The van der Waals surface area contributed by atoms with Gasteiger partial charge in [-0.2, -0.15) is 5.10 Å². The maximum absolute atomic E-state index is 12.9. The normalized spacial score (nSPS) is 31.3. The minimum atomic E-state index is 0.0983. The molecule has 1 aromatic heterocycles. The molecule has 29 heavy (non-hydrogen) atoms. The fourth-order valence-corrected chi connectivity index (χ4v) is 6.10. The van der Waals surface area contributed by atoms with E-state index in [1.807, 2.05) is 18.1 Å². The number of hydrogen-bond acceptors (Lipinski definition) is 4. The molecule has 2 aliphatic heterocycles. The number of nitrogens with one attached hydrogen (secondary N) is 1. The quantitative estimate of drug-likeness (QED) is 0.613. The fraction of sp³-hybridized carbons (Fsp3) is 0.762. The number of carbonyl (C=O) groups excluding carboxylic acids is 1. The number of anilines is 1. The Balaban J connectivity index is 1.30. The third-order valence-electron chi connectivity index (χ3n) is 7.40. The van der Waals surface area contributed by atoms with E-state index in [-0.39, 0.29) is 11.3 Å². The Kier molecular flexibility index (Phi) is 4.76. The van der Waals surface area contributed by atoms with Crippen molar-refractivity contribution in [2.45, 2.75) is 51.2 Å². The molecule has 158 valence electrons. The zero-order valence-corrected chi connectivity index (χ0v) is 17.5. The lowest BCUT2D eigenvalue weighted by Crippen LogP contribution is -2.70. The molecule has 1 amide bonds. The van der Waals surface area contributed by atoms with Crippen molar-refractivity contribution in [3.8, 4) is 0 Å². The van der Waals surface area contributed by atoms with Gasteiger partial charge in [-0.05, 0) is 26.2 Å². The number of rotatable bonds is 3. The highest BCUT2D eigenvalue weighted by atomic mass is 16.5. The molecular formula is C21H32N6O2. The minimum absolute atomic E-state index is 0.0983. The first-order valence-corrected chi connectivity index (χ1v) is 11.1. The van der Waals surface area contributed by atoms with Crippen LogP contribution < -0.4 is 10.2 Å². The van der Waals surface area contributed by atoms with Crippen LogP contribution in [-0.2, 0) is 16.6 Å². The summed E-state index contributed by atoms with van der Waals surface area (Å²) in [7, 11) is 1.87. The van der Waals surface area contributed by atoms with Crippen LogP contribution in [0.5, 0.6) is 0 Å². The SMILES string of the molecule is CCN=C(NC1C2CCOC2C12CCCC2)N1CCN(c2cnn(C)c2)C(=O)C1. The number of fused-ring (bicyclic) bond motifs is 2. The van der Waals surface area contributed by atoms with Crippen molar-refractivity contribution >= 4 is 17.6 Å². The van der Waals surface area contributed by atoms with E-state index in [0.29, 0.717) is 37.7 Å². The number of aliphatic imine (C=N–C) groups is 1. The van der Waals surface area contributed by atoms with Crippen molar-refractivity contribution in [1.29, 1.82) is 0 Å². The van der Waals surface area contributed by atoms with E-state index < -0.39 is 0 Å². The van der Waals surface area contributed by atoms with Crippen LogP contribution in [0.3, 0.4) is 0 Å². The van der Waals surface area contributed by atoms with Gasteiger partial charge >= 0.3 is 0 Å². The second-order valence-electron chi connectivity index (χ2n) is 8.94. The molecule has 2 saturated carbocycles. The summed E-state index contributed by atoms with van der Waals surface area (Å²) in [5.41, 5.74) is 1.14. The molecule has 2 saturated heterocycles. The Hall–Kier alpha value is -2.09. The smallest absolute Gasteiger partial charge is 0.246 e. The van der Waals surface area contributed by atoms with Crippen LogP contribution in [0.4, 0.5) is 5.69 Å². The van der Waals surface area contributed by atoms with E-state index in [9.17, 15) is 4.79 Å². The van der Waals surface area contributed by atoms with Crippen molar-refractivity contribution in [3.63, 3.8) is 0 Å². The lowest BCUT2D eigenvalue weighted by atomic mass is 9.54. The molecule has 2 aliphatic carbocycles. The largest absolute Gasteiger partial charge is 0.377 e. The number of nitrogens with zero attached hydrogens (tertiary/aromatic N) is 5. The zero-order chi connectivity index (χ0) is 20.0. The Bertz CT molecular complexity index is 799. The Labute approximate surface area is 172 Å². The first-order valence-electron chi connectivity index (χ1n) is 11.1. The average Bonchev–Trinajstić information content (AvgIpc) is 3.45. The molecule has 3 unspecified atom stereocenters. The molecule has 3 atom stereocenters. The lowest BCUT2D eigenvalue weighted by molar-refractivity contribution is -0.126. The highest BCUT2D eigenvalue weighted by Crippen LogP contribution is 2.60. The number of piperazine rings is 1. The van der Waals surface area contributed by atoms with E-state index in [2.05, 4.69) is 22.2 Å². The summed E-state index contributed by atoms with van der Waals surface area (Å²) in [6, 6.07) is 0.425. The molecule has 8 heteroatoms. The van der Waals surface area contributed by atoms with Crippen molar-refractivity contribution < 1.29 is 9.53 Å². The number of carbonyl (C=O) groups is 1. The topological polar surface area (TPSA) is 75.0 Å². The minimum Gasteiger partial charge on any atom is -0.377 e. The van der Waals surface area contributed by atoms with Crippen molar-refractivity contribution in [2.75, 3.05) is 37.7 Å². The second-order valence-corrected chi connectivity index (χ2v) is 8.94. The van der Waals surface area contributed by atoms with E-state index in [4.69, 9.17) is 9.73 Å². The van der Waals surface area contributed by atoms with Crippen LogP contribution in [0.2, 0.25) is 0 Å².